The topological polar surface area (TPSA) is 0 Å². The van der Waals surface area contributed by atoms with Crippen molar-refractivity contribution in [1.29, 1.82) is 0 Å². The lowest BCUT2D eigenvalue weighted by molar-refractivity contribution is 0.472. The second-order valence-corrected chi connectivity index (χ2v) is 11.8. The molecule has 0 unspecified atom stereocenters. The number of rotatable bonds is 2. The lowest BCUT2D eigenvalue weighted by Crippen LogP contribution is -2.33. The largest absolute Gasteiger partial charge is 0.0700 e. The average Bonchev–Trinajstić information content (AvgIpc) is 2.50. The van der Waals surface area contributed by atoms with Gasteiger partial charge in [-0.05, 0) is 70.6 Å². The highest BCUT2D eigenvalue weighted by atomic mass is 31.2. The Morgan fingerprint density at radius 2 is 0.833 bits per heavy atom. The molecule has 3 rings (SSSR count). The minimum atomic E-state index is -0.541. The fraction of sp³-hybridized carbons (Fsp3) is 1.00. The lowest BCUT2D eigenvalue weighted by atomic mass is 9.99. The molecule has 3 fully saturated rings. The minimum absolute atomic E-state index is 0.541. The summed E-state index contributed by atoms with van der Waals surface area (Å²) in [5.74, 6) is 0. The van der Waals surface area contributed by atoms with Crippen molar-refractivity contribution in [3.05, 3.63) is 0 Å². The predicted molar refractivity (Wildman–Crippen MR) is 84.3 cm³/mol. The van der Waals surface area contributed by atoms with E-state index in [1.807, 2.05) is 0 Å². The quantitative estimate of drug-likeness (QED) is 0.550. The molecule has 0 bridgehead atoms. The highest BCUT2D eigenvalue weighted by Gasteiger charge is 2.51. The molecule has 0 N–H and O–H groups in total. The molecule has 0 aromatic rings. The first-order chi connectivity index (χ1) is 8.92. The van der Waals surface area contributed by atoms with Gasteiger partial charge in [-0.15, -0.1) is 0 Å². The van der Waals surface area contributed by atoms with E-state index in [-0.39, 0.29) is 0 Å². The number of hydrogen-bond acceptors (Lipinski definition) is 0. The van der Waals surface area contributed by atoms with Gasteiger partial charge in [0.2, 0.25) is 0 Å². The van der Waals surface area contributed by atoms with Crippen molar-refractivity contribution in [3.8, 4) is 0 Å². The molecule has 0 amide bonds. The Kier molecular flexibility index (Phi) is 4.66. The molecular formula is C17H32P+. The van der Waals surface area contributed by atoms with Crippen LogP contribution in [-0.4, -0.2) is 23.6 Å². The van der Waals surface area contributed by atoms with Gasteiger partial charge in [0, 0.05) is 7.26 Å². The van der Waals surface area contributed by atoms with Crippen molar-refractivity contribution >= 4 is 7.26 Å². The summed E-state index contributed by atoms with van der Waals surface area (Å²) in [6, 6.07) is 0. The van der Waals surface area contributed by atoms with Gasteiger partial charge in [-0.25, -0.2) is 0 Å². The maximum absolute atomic E-state index is 1.71. The molecule has 2 aliphatic carbocycles. The van der Waals surface area contributed by atoms with Crippen LogP contribution in [0.3, 0.4) is 0 Å². The molecule has 104 valence electrons. The van der Waals surface area contributed by atoms with Crippen LogP contribution in [0, 0.1) is 0 Å². The molecule has 0 radical (unpaired) electrons. The molecule has 0 atom stereocenters. The first kappa shape index (κ1) is 13.4. The molecule has 1 saturated heterocycles. The molecule has 0 spiro atoms. The van der Waals surface area contributed by atoms with Gasteiger partial charge in [-0.1, -0.05) is 12.8 Å². The summed E-state index contributed by atoms with van der Waals surface area (Å²) in [5.41, 5.74) is 2.46. The zero-order valence-corrected chi connectivity index (χ0v) is 13.1. The van der Waals surface area contributed by atoms with E-state index in [9.17, 15) is 0 Å². The summed E-state index contributed by atoms with van der Waals surface area (Å²) in [6.45, 7) is 0. The highest BCUT2D eigenvalue weighted by Crippen LogP contribution is 2.74. The molecule has 18 heavy (non-hydrogen) atoms. The third-order valence-corrected chi connectivity index (χ3v) is 12.5. The van der Waals surface area contributed by atoms with Crippen LogP contribution in [0.5, 0.6) is 0 Å². The zero-order valence-electron chi connectivity index (χ0n) is 12.2. The maximum atomic E-state index is 1.71. The normalized spacial score (nSPS) is 31.3. The summed E-state index contributed by atoms with van der Waals surface area (Å²) in [5, 5.41) is 0. The first-order valence-electron chi connectivity index (χ1n) is 8.78. The van der Waals surface area contributed by atoms with Crippen LogP contribution in [0.1, 0.15) is 83.5 Å². The van der Waals surface area contributed by atoms with Crippen molar-refractivity contribution in [3.63, 3.8) is 0 Å². The second-order valence-electron chi connectivity index (χ2n) is 7.19. The van der Waals surface area contributed by atoms with Gasteiger partial charge in [-0.3, -0.25) is 0 Å². The van der Waals surface area contributed by atoms with Gasteiger partial charge in [0.15, 0.2) is 0 Å². The molecule has 0 nitrogen and oxygen atoms in total. The van der Waals surface area contributed by atoms with Crippen LogP contribution in [0.15, 0.2) is 0 Å². The molecule has 1 aliphatic heterocycles. The lowest BCUT2D eigenvalue weighted by Gasteiger charge is -2.45. The van der Waals surface area contributed by atoms with E-state index < -0.39 is 7.26 Å². The average molecular weight is 267 g/mol. The molecule has 1 heteroatoms. The Morgan fingerprint density at radius 1 is 0.444 bits per heavy atom. The van der Waals surface area contributed by atoms with Crippen LogP contribution in [-0.2, 0) is 0 Å². The van der Waals surface area contributed by atoms with Crippen molar-refractivity contribution < 1.29 is 0 Å². The fourth-order valence-corrected chi connectivity index (χ4v) is 12.0. The fourth-order valence-electron chi connectivity index (χ4n) is 5.32. The van der Waals surface area contributed by atoms with Crippen LogP contribution in [0.2, 0.25) is 0 Å². The van der Waals surface area contributed by atoms with E-state index in [4.69, 9.17) is 0 Å². The molecule has 1 heterocycles. The molecule has 0 aromatic heterocycles. The first-order valence-corrected chi connectivity index (χ1v) is 11.1. The van der Waals surface area contributed by atoms with E-state index in [0.29, 0.717) is 0 Å². The van der Waals surface area contributed by atoms with E-state index in [1.54, 1.807) is 95.8 Å². The summed E-state index contributed by atoms with van der Waals surface area (Å²) in [7, 11) is -0.541. The van der Waals surface area contributed by atoms with Gasteiger partial charge in [0.05, 0.1) is 23.6 Å². The minimum Gasteiger partial charge on any atom is -0.0530 e. The monoisotopic (exact) mass is 267 g/mol. The van der Waals surface area contributed by atoms with Crippen molar-refractivity contribution in [2.45, 2.75) is 94.8 Å². The molecule has 2 saturated carbocycles. The maximum Gasteiger partial charge on any atom is 0.0700 e. The van der Waals surface area contributed by atoms with Gasteiger partial charge in [-0.2, -0.15) is 0 Å². The Bertz CT molecular complexity index is 222. The van der Waals surface area contributed by atoms with E-state index >= 15 is 0 Å². The Hall–Kier alpha value is 0.430. The molecular weight excluding hydrogens is 235 g/mol. The standard InChI is InChI=1S/C17H32P/c1-4-10-16(11-5-1)18(14-8-3-9-15-18)17-12-6-2-7-13-17/h16-17H,1-15H2/q+1. The SMILES string of the molecule is C1CCC([P+]2(C3CCCCC3)CCCCC2)CC1. The van der Waals surface area contributed by atoms with Gasteiger partial charge < -0.3 is 0 Å². The summed E-state index contributed by atoms with van der Waals surface area (Å²) < 4.78 is 0. The molecule has 3 aliphatic rings. The highest BCUT2D eigenvalue weighted by molar-refractivity contribution is 7.77. The van der Waals surface area contributed by atoms with Crippen LogP contribution in [0.25, 0.3) is 0 Å². The third kappa shape index (κ3) is 2.65. The van der Waals surface area contributed by atoms with Crippen LogP contribution in [0.4, 0.5) is 0 Å². The van der Waals surface area contributed by atoms with Gasteiger partial charge >= 0.3 is 0 Å². The van der Waals surface area contributed by atoms with Crippen molar-refractivity contribution in [2.75, 3.05) is 12.3 Å². The summed E-state index contributed by atoms with van der Waals surface area (Å²) in [6.07, 6.45) is 24.1. The van der Waals surface area contributed by atoms with Crippen LogP contribution >= 0.6 is 7.26 Å². The second kappa shape index (κ2) is 6.25. The van der Waals surface area contributed by atoms with Crippen molar-refractivity contribution in [2.24, 2.45) is 0 Å². The Morgan fingerprint density at radius 3 is 1.28 bits per heavy atom. The van der Waals surface area contributed by atoms with Crippen molar-refractivity contribution in [1.82, 2.24) is 0 Å². The number of hydrogen-bond donors (Lipinski definition) is 0. The van der Waals surface area contributed by atoms with Crippen LogP contribution < -0.4 is 0 Å². The van der Waals surface area contributed by atoms with E-state index in [2.05, 4.69) is 0 Å². The summed E-state index contributed by atoms with van der Waals surface area (Å²) >= 11 is 0. The third-order valence-electron chi connectivity index (χ3n) is 6.25. The Balaban J connectivity index is 1.77. The van der Waals surface area contributed by atoms with Gasteiger partial charge in [0.1, 0.15) is 0 Å². The smallest absolute Gasteiger partial charge is 0.0530 e. The van der Waals surface area contributed by atoms with Gasteiger partial charge in [0.25, 0.3) is 0 Å². The molecule has 0 aromatic carbocycles. The summed E-state index contributed by atoms with van der Waals surface area (Å²) in [4.78, 5) is 0. The predicted octanol–water partition coefficient (Wildman–Crippen LogP) is 5.85. The van der Waals surface area contributed by atoms with E-state index in [0.717, 1.165) is 0 Å². The zero-order chi connectivity index (χ0) is 12.3. The van der Waals surface area contributed by atoms with E-state index in [1.165, 1.54) is 11.3 Å². The Labute approximate surface area is 115 Å².